The maximum absolute atomic E-state index is 12.2. The van der Waals surface area contributed by atoms with Crippen molar-refractivity contribution >= 4 is 17.7 Å². The lowest BCUT2D eigenvalue weighted by atomic mass is 10.1. The largest absolute Gasteiger partial charge is 0.485 e. The first-order chi connectivity index (χ1) is 12.3. The third-order valence-corrected chi connectivity index (χ3v) is 5.04. The number of hydrogen-bond acceptors (Lipinski definition) is 7. The molecule has 0 spiro atoms. The minimum absolute atomic E-state index is 0.121. The molecule has 1 fully saturated rings. The van der Waals surface area contributed by atoms with E-state index in [4.69, 9.17) is 13.9 Å². The van der Waals surface area contributed by atoms with Gasteiger partial charge in [0.1, 0.15) is 6.61 Å². The van der Waals surface area contributed by atoms with Gasteiger partial charge in [0, 0.05) is 13.1 Å². The van der Waals surface area contributed by atoms with Gasteiger partial charge in [-0.25, -0.2) is 0 Å². The summed E-state index contributed by atoms with van der Waals surface area (Å²) in [6.45, 7) is 2.01. The highest BCUT2D eigenvalue weighted by molar-refractivity contribution is 7.99. The summed E-state index contributed by atoms with van der Waals surface area (Å²) < 4.78 is 17.1. The molecule has 2 aromatic rings. The molecule has 0 aliphatic carbocycles. The highest BCUT2D eigenvalue weighted by Gasteiger charge is 2.27. The second-order valence-corrected chi connectivity index (χ2v) is 6.93. The SMILES string of the molecule is O=C(CSc1nnc([C@H]2COc3ccccc3O2)o1)N1CCCCC1. The van der Waals surface area contributed by atoms with Gasteiger partial charge in [0.05, 0.1) is 5.75 Å². The van der Waals surface area contributed by atoms with Crippen molar-refractivity contribution in [2.45, 2.75) is 30.6 Å². The minimum atomic E-state index is -0.436. The number of fused-ring (bicyclic) bond motifs is 1. The van der Waals surface area contributed by atoms with Crippen LogP contribution in [-0.2, 0) is 4.79 Å². The monoisotopic (exact) mass is 361 g/mol. The Hall–Kier alpha value is -2.22. The fourth-order valence-electron chi connectivity index (χ4n) is 2.91. The Kier molecular flexibility index (Phi) is 4.78. The van der Waals surface area contributed by atoms with E-state index in [-0.39, 0.29) is 5.91 Å². The molecule has 3 heterocycles. The van der Waals surface area contributed by atoms with Gasteiger partial charge in [-0.05, 0) is 31.4 Å². The minimum Gasteiger partial charge on any atom is -0.485 e. The predicted octanol–water partition coefficient (Wildman–Crippen LogP) is 2.69. The van der Waals surface area contributed by atoms with Gasteiger partial charge in [-0.2, -0.15) is 0 Å². The standard InChI is InChI=1S/C17H19N3O4S/c21-15(20-8-4-1-5-9-20)11-25-17-19-18-16(24-17)14-10-22-12-6-2-3-7-13(12)23-14/h2-3,6-7,14H,1,4-5,8-11H2/t14-/m1/s1. The normalized spacial score (nSPS) is 19.7. The number of piperidine rings is 1. The van der Waals surface area contributed by atoms with Crippen LogP contribution >= 0.6 is 11.8 Å². The van der Waals surface area contributed by atoms with Crippen LogP contribution in [0.4, 0.5) is 0 Å². The fraction of sp³-hybridized carbons (Fsp3) is 0.471. The number of carbonyl (C=O) groups excluding carboxylic acids is 1. The van der Waals surface area contributed by atoms with Gasteiger partial charge in [0.15, 0.2) is 11.5 Å². The molecule has 1 amide bonds. The molecule has 0 bridgehead atoms. The number of hydrogen-bond donors (Lipinski definition) is 0. The Balaban J connectivity index is 1.34. The zero-order chi connectivity index (χ0) is 17.1. The van der Waals surface area contributed by atoms with E-state index >= 15 is 0 Å². The number of likely N-dealkylation sites (tertiary alicyclic amines) is 1. The number of carbonyl (C=O) groups is 1. The molecule has 1 saturated heterocycles. The number of nitrogens with zero attached hydrogens (tertiary/aromatic N) is 3. The molecule has 1 aromatic carbocycles. The van der Waals surface area contributed by atoms with Crippen molar-refractivity contribution in [1.29, 1.82) is 0 Å². The maximum atomic E-state index is 12.2. The highest BCUT2D eigenvalue weighted by Crippen LogP contribution is 2.35. The molecule has 0 N–H and O–H groups in total. The van der Waals surface area contributed by atoms with E-state index in [0.29, 0.717) is 35.0 Å². The molecule has 0 unspecified atom stereocenters. The Morgan fingerprint density at radius 2 is 1.96 bits per heavy atom. The molecule has 4 rings (SSSR count). The van der Waals surface area contributed by atoms with Gasteiger partial charge in [-0.3, -0.25) is 4.79 Å². The third-order valence-electron chi connectivity index (χ3n) is 4.23. The lowest BCUT2D eigenvalue weighted by molar-refractivity contribution is -0.129. The first kappa shape index (κ1) is 16.3. The quantitative estimate of drug-likeness (QED) is 0.775. The average Bonchev–Trinajstić information content (AvgIpc) is 3.15. The van der Waals surface area contributed by atoms with Crippen molar-refractivity contribution in [3.8, 4) is 11.5 Å². The maximum Gasteiger partial charge on any atom is 0.277 e. The predicted molar refractivity (Wildman–Crippen MR) is 90.8 cm³/mol. The summed E-state index contributed by atoms with van der Waals surface area (Å²) in [4.78, 5) is 14.1. The van der Waals surface area contributed by atoms with E-state index in [0.717, 1.165) is 25.9 Å². The second-order valence-electron chi connectivity index (χ2n) is 6.00. The van der Waals surface area contributed by atoms with E-state index < -0.39 is 6.10 Å². The Labute approximate surface area is 149 Å². The van der Waals surface area contributed by atoms with Crippen LogP contribution in [0.5, 0.6) is 11.5 Å². The third kappa shape index (κ3) is 3.73. The van der Waals surface area contributed by atoms with Gasteiger partial charge in [-0.15, -0.1) is 10.2 Å². The van der Waals surface area contributed by atoms with Crippen LogP contribution in [0.25, 0.3) is 0 Å². The molecule has 2 aliphatic rings. The molecular weight excluding hydrogens is 342 g/mol. The molecule has 1 aromatic heterocycles. The van der Waals surface area contributed by atoms with Crippen molar-refractivity contribution in [2.75, 3.05) is 25.4 Å². The van der Waals surface area contributed by atoms with Crippen molar-refractivity contribution in [3.05, 3.63) is 30.2 Å². The van der Waals surface area contributed by atoms with E-state index in [9.17, 15) is 4.79 Å². The summed E-state index contributed by atoms with van der Waals surface area (Å²) in [5.74, 6) is 2.16. The summed E-state index contributed by atoms with van der Waals surface area (Å²) >= 11 is 1.26. The van der Waals surface area contributed by atoms with Crippen molar-refractivity contribution in [3.63, 3.8) is 0 Å². The van der Waals surface area contributed by atoms with Crippen LogP contribution in [0.3, 0.4) is 0 Å². The number of ether oxygens (including phenoxy) is 2. The van der Waals surface area contributed by atoms with Gasteiger partial charge < -0.3 is 18.8 Å². The summed E-state index contributed by atoms with van der Waals surface area (Å²) in [7, 11) is 0. The van der Waals surface area contributed by atoms with Crippen molar-refractivity contribution in [1.82, 2.24) is 15.1 Å². The van der Waals surface area contributed by atoms with E-state index in [1.165, 1.54) is 18.2 Å². The van der Waals surface area contributed by atoms with Crippen LogP contribution in [-0.4, -0.2) is 46.5 Å². The number of benzene rings is 1. The van der Waals surface area contributed by atoms with Crippen LogP contribution in [0.1, 0.15) is 31.3 Å². The number of thioether (sulfide) groups is 1. The van der Waals surface area contributed by atoms with Crippen molar-refractivity contribution in [2.24, 2.45) is 0 Å². The summed E-state index contributed by atoms with van der Waals surface area (Å²) in [6.07, 6.45) is 2.94. The van der Waals surface area contributed by atoms with Gasteiger partial charge in [0.2, 0.25) is 12.0 Å². The summed E-state index contributed by atoms with van der Waals surface area (Å²) in [5.41, 5.74) is 0. The topological polar surface area (TPSA) is 77.7 Å². The van der Waals surface area contributed by atoms with Crippen LogP contribution in [0, 0.1) is 0 Å². The van der Waals surface area contributed by atoms with Gasteiger partial charge in [-0.1, -0.05) is 23.9 Å². The van der Waals surface area contributed by atoms with Crippen LogP contribution < -0.4 is 9.47 Å². The van der Waals surface area contributed by atoms with E-state index in [1.54, 1.807) is 0 Å². The van der Waals surface area contributed by atoms with Gasteiger partial charge >= 0.3 is 0 Å². The highest BCUT2D eigenvalue weighted by atomic mass is 32.2. The summed E-state index contributed by atoms with van der Waals surface area (Å²) in [5, 5.41) is 8.42. The number of rotatable bonds is 4. The molecular formula is C17H19N3O4S. The van der Waals surface area contributed by atoms with E-state index in [1.807, 2.05) is 29.2 Å². The Morgan fingerprint density at radius 3 is 2.80 bits per heavy atom. The molecule has 0 radical (unpaired) electrons. The van der Waals surface area contributed by atoms with Gasteiger partial charge in [0.25, 0.3) is 11.1 Å². The second kappa shape index (κ2) is 7.35. The van der Waals surface area contributed by atoms with E-state index in [2.05, 4.69) is 10.2 Å². The molecule has 132 valence electrons. The zero-order valence-corrected chi connectivity index (χ0v) is 14.5. The lowest BCUT2D eigenvalue weighted by Gasteiger charge is -2.26. The zero-order valence-electron chi connectivity index (χ0n) is 13.7. The number of para-hydroxylation sites is 2. The fourth-order valence-corrected chi connectivity index (χ4v) is 3.58. The first-order valence-corrected chi connectivity index (χ1v) is 9.40. The van der Waals surface area contributed by atoms with Crippen LogP contribution in [0.2, 0.25) is 0 Å². The Morgan fingerprint density at radius 1 is 1.16 bits per heavy atom. The average molecular weight is 361 g/mol. The molecule has 1 atom stereocenters. The molecule has 25 heavy (non-hydrogen) atoms. The first-order valence-electron chi connectivity index (χ1n) is 8.42. The summed E-state index contributed by atoms with van der Waals surface area (Å²) in [6, 6.07) is 7.47. The lowest BCUT2D eigenvalue weighted by Crippen LogP contribution is -2.36. The smallest absolute Gasteiger partial charge is 0.277 e. The molecule has 0 saturated carbocycles. The molecule has 7 nitrogen and oxygen atoms in total. The number of aromatic nitrogens is 2. The number of amides is 1. The van der Waals surface area contributed by atoms with Crippen molar-refractivity contribution < 1.29 is 18.7 Å². The van der Waals surface area contributed by atoms with Crippen LogP contribution in [0.15, 0.2) is 33.9 Å². The molecule has 2 aliphatic heterocycles. The molecule has 8 heteroatoms. The Bertz CT molecular complexity index is 745.